The van der Waals surface area contributed by atoms with E-state index in [0.29, 0.717) is 18.4 Å². The summed E-state index contributed by atoms with van der Waals surface area (Å²) in [4.78, 5) is 18.0. The Hall–Kier alpha value is -0.670. The van der Waals surface area contributed by atoms with Gasteiger partial charge in [-0.3, -0.25) is 4.57 Å². The van der Waals surface area contributed by atoms with Gasteiger partial charge in [-0.05, 0) is 24.5 Å². The van der Waals surface area contributed by atoms with Crippen LogP contribution < -0.4 is 5.30 Å². The van der Waals surface area contributed by atoms with Gasteiger partial charge in [0, 0.05) is 0 Å². The fraction of sp³-hybridized carbons (Fsp3) is 0.333. The van der Waals surface area contributed by atoms with Crippen LogP contribution in [0.3, 0.4) is 0 Å². The van der Waals surface area contributed by atoms with Gasteiger partial charge in [0.25, 0.3) is 0 Å². The topological polar surface area (TPSA) is 77.4 Å². The van der Waals surface area contributed by atoms with E-state index in [1.165, 1.54) is 6.07 Å². The Morgan fingerprint density at radius 2 is 1.86 bits per heavy atom. The van der Waals surface area contributed by atoms with Crippen molar-refractivity contribution in [3.63, 3.8) is 0 Å². The van der Waals surface area contributed by atoms with Crippen LogP contribution in [0.25, 0.3) is 0 Å². The lowest BCUT2D eigenvalue weighted by Crippen LogP contribution is -2.10. The first kappa shape index (κ1) is 11.4. The van der Waals surface area contributed by atoms with Crippen molar-refractivity contribution in [2.75, 3.05) is 6.61 Å². The van der Waals surface area contributed by atoms with E-state index in [0.717, 1.165) is 0 Å². The molecule has 0 aliphatic heterocycles. The molecule has 0 saturated heterocycles. The third-order valence-electron chi connectivity index (χ3n) is 1.90. The number of benzene rings is 1. The van der Waals surface area contributed by atoms with E-state index in [1.54, 1.807) is 18.2 Å². The van der Waals surface area contributed by atoms with Crippen molar-refractivity contribution in [3.05, 3.63) is 29.8 Å². The fourth-order valence-corrected chi connectivity index (χ4v) is 2.11. The summed E-state index contributed by atoms with van der Waals surface area (Å²) in [6.45, 7) is -0.227. The normalized spacial score (nSPS) is 11.6. The van der Waals surface area contributed by atoms with Crippen molar-refractivity contribution >= 4 is 12.9 Å². The lowest BCUT2D eigenvalue weighted by molar-refractivity contribution is 0.189. The second kappa shape index (κ2) is 4.71. The lowest BCUT2D eigenvalue weighted by atomic mass is 10.1. The van der Waals surface area contributed by atoms with Gasteiger partial charge in [-0.2, -0.15) is 0 Å². The molecule has 77 valence electrons. The molecule has 0 amide bonds. The summed E-state index contributed by atoms with van der Waals surface area (Å²) in [6.07, 6.45) is 0.821. The molecule has 14 heavy (non-hydrogen) atoms. The molecule has 2 N–H and O–H groups in total. The Morgan fingerprint density at radius 3 is 2.43 bits per heavy atom. The summed E-state index contributed by atoms with van der Waals surface area (Å²) in [5, 5.41) is 10.3. The molecular formula is C9H12O4P. The van der Waals surface area contributed by atoms with Crippen LogP contribution in [0.5, 0.6) is 0 Å². The molecule has 0 atom stereocenters. The van der Waals surface area contributed by atoms with Gasteiger partial charge in [-0.1, -0.05) is 18.2 Å². The predicted octanol–water partition coefficient (Wildman–Crippen LogP) is 0.853. The van der Waals surface area contributed by atoms with Crippen molar-refractivity contribution in [2.24, 2.45) is 0 Å². The monoisotopic (exact) mass is 215 g/mol. The van der Waals surface area contributed by atoms with Gasteiger partial charge in [-0.25, -0.2) is 5.11 Å². The molecule has 1 rings (SSSR count). The standard InChI is InChI=1S/C9H12O4P/c10-7-3-5-8-4-1-2-6-9(8)14(11,12)13/h1-2,4,6H,3,5,7H2,(H2,11,12,13). The highest BCUT2D eigenvalue weighted by Gasteiger charge is 2.20. The highest BCUT2D eigenvalue weighted by Crippen LogP contribution is 2.34. The van der Waals surface area contributed by atoms with Crippen LogP contribution in [0.2, 0.25) is 0 Å². The molecule has 5 heteroatoms. The Kier molecular flexibility index (Phi) is 3.84. The third kappa shape index (κ3) is 2.93. The Morgan fingerprint density at radius 1 is 1.21 bits per heavy atom. The molecule has 4 nitrogen and oxygen atoms in total. The maximum atomic E-state index is 11.0. The second-order valence-electron chi connectivity index (χ2n) is 2.98. The van der Waals surface area contributed by atoms with Crippen LogP contribution in [0.4, 0.5) is 0 Å². The SMILES string of the molecule is [O]CCCc1ccccc1P(=O)(O)O. The molecule has 0 saturated carbocycles. The summed E-state index contributed by atoms with van der Waals surface area (Å²) in [5.41, 5.74) is 0.566. The van der Waals surface area contributed by atoms with E-state index in [9.17, 15) is 9.67 Å². The minimum absolute atomic E-state index is 0.0356. The Balaban J connectivity index is 2.98. The molecule has 0 unspecified atom stereocenters. The molecule has 0 aliphatic carbocycles. The smallest absolute Gasteiger partial charge is 0.321 e. The van der Waals surface area contributed by atoms with Crippen molar-refractivity contribution in [1.82, 2.24) is 0 Å². The predicted molar refractivity (Wildman–Crippen MR) is 52.0 cm³/mol. The van der Waals surface area contributed by atoms with Gasteiger partial charge in [0.1, 0.15) is 0 Å². The molecule has 0 heterocycles. The number of hydrogen-bond donors (Lipinski definition) is 2. The zero-order valence-electron chi connectivity index (χ0n) is 7.59. The fourth-order valence-electron chi connectivity index (χ4n) is 1.27. The maximum Gasteiger partial charge on any atom is 0.356 e. The Bertz CT molecular complexity index is 344. The summed E-state index contributed by atoms with van der Waals surface area (Å²) in [5.74, 6) is 0. The van der Waals surface area contributed by atoms with Crippen molar-refractivity contribution in [1.29, 1.82) is 0 Å². The first-order valence-corrected chi connectivity index (χ1v) is 5.89. The molecule has 0 fully saturated rings. The second-order valence-corrected chi connectivity index (χ2v) is 4.55. The first-order valence-electron chi connectivity index (χ1n) is 4.28. The van der Waals surface area contributed by atoms with Crippen molar-refractivity contribution in [2.45, 2.75) is 12.8 Å². The van der Waals surface area contributed by atoms with E-state index in [-0.39, 0.29) is 11.9 Å². The zero-order valence-corrected chi connectivity index (χ0v) is 8.48. The minimum Gasteiger partial charge on any atom is -0.321 e. The molecular weight excluding hydrogens is 203 g/mol. The number of hydrogen-bond acceptors (Lipinski definition) is 1. The Labute approximate surface area is 82.4 Å². The van der Waals surface area contributed by atoms with E-state index >= 15 is 0 Å². The molecule has 0 aliphatic rings. The van der Waals surface area contributed by atoms with Gasteiger partial charge < -0.3 is 9.79 Å². The van der Waals surface area contributed by atoms with E-state index in [1.807, 2.05) is 0 Å². The van der Waals surface area contributed by atoms with Gasteiger partial charge in [0.2, 0.25) is 0 Å². The van der Waals surface area contributed by atoms with Crippen LogP contribution in [0.15, 0.2) is 24.3 Å². The average molecular weight is 215 g/mol. The molecule has 0 spiro atoms. The maximum absolute atomic E-state index is 11.0. The van der Waals surface area contributed by atoms with Gasteiger partial charge in [0.15, 0.2) is 0 Å². The summed E-state index contributed by atoms with van der Waals surface area (Å²) in [7, 11) is -4.20. The average Bonchev–Trinajstić information content (AvgIpc) is 2.14. The summed E-state index contributed by atoms with van der Waals surface area (Å²) in [6, 6.07) is 6.33. The van der Waals surface area contributed by atoms with Crippen LogP contribution in [-0.2, 0) is 16.1 Å². The van der Waals surface area contributed by atoms with Crippen LogP contribution >= 0.6 is 7.60 Å². The van der Waals surface area contributed by atoms with Gasteiger partial charge in [-0.15, -0.1) is 0 Å². The zero-order chi connectivity index (χ0) is 10.6. The largest absolute Gasteiger partial charge is 0.356 e. The number of rotatable bonds is 4. The molecule has 0 bridgehead atoms. The van der Waals surface area contributed by atoms with Crippen molar-refractivity contribution < 1.29 is 19.5 Å². The van der Waals surface area contributed by atoms with Crippen LogP contribution in [-0.4, -0.2) is 16.4 Å². The quantitative estimate of drug-likeness (QED) is 0.731. The molecule has 1 aromatic carbocycles. The van der Waals surface area contributed by atoms with Crippen LogP contribution in [0.1, 0.15) is 12.0 Å². The molecule has 0 aromatic heterocycles. The lowest BCUT2D eigenvalue weighted by Gasteiger charge is -2.09. The van der Waals surface area contributed by atoms with E-state index in [4.69, 9.17) is 9.79 Å². The molecule has 1 radical (unpaired) electrons. The molecule has 1 aromatic rings. The summed E-state index contributed by atoms with van der Waals surface area (Å²) >= 11 is 0. The van der Waals surface area contributed by atoms with Gasteiger partial charge in [0.05, 0.1) is 11.9 Å². The highest BCUT2D eigenvalue weighted by atomic mass is 31.2. The minimum atomic E-state index is -4.20. The van der Waals surface area contributed by atoms with Gasteiger partial charge >= 0.3 is 7.60 Å². The number of aryl methyl sites for hydroxylation is 1. The third-order valence-corrected chi connectivity index (χ3v) is 2.96. The first-order chi connectivity index (χ1) is 6.55. The van der Waals surface area contributed by atoms with E-state index < -0.39 is 7.60 Å². The highest BCUT2D eigenvalue weighted by molar-refractivity contribution is 7.60. The summed E-state index contributed by atoms with van der Waals surface area (Å²) < 4.78 is 11.0. The van der Waals surface area contributed by atoms with Crippen LogP contribution in [0, 0.1) is 0 Å². The van der Waals surface area contributed by atoms with Crippen molar-refractivity contribution in [3.8, 4) is 0 Å². The van der Waals surface area contributed by atoms with E-state index in [2.05, 4.69) is 0 Å².